The van der Waals surface area contributed by atoms with E-state index in [1.165, 1.54) is 0 Å². The molecule has 2 unspecified atom stereocenters. The van der Waals surface area contributed by atoms with E-state index in [4.69, 9.17) is 9.47 Å². The Labute approximate surface area is 224 Å². The maximum absolute atomic E-state index is 13.1. The first kappa shape index (κ1) is 29.4. The predicted molar refractivity (Wildman–Crippen MR) is 139 cm³/mol. The van der Waals surface area contributed by atoms with Gasteiger partial charge in [0.25, 0.3) is 0 Å². The molecule has 1 aromatic carbocycles. The summed E-state index contributed by atoms with van der Waals surface area (Å²) in [6, 6.07) is 6.43. The first-order valence-electron chi connectivity index (χ1n) is 12.6. The lowest BCUT2D eigenvalue weighted by Gasteiger charge is -2.27. The molecule has 1 saturated carbocycles. The van der Waals surface area contributed by atoms with Crippen LogP contribution in [-0.2, 0) is 35.0 Å². The monoisotopic (exact) mass is 539 g/mol. The van der Waals surface area contributed by atoms with Crippen LogP contribution in [-0.4, -0.2) is 87.4 Å². The summed E-state index contributed by atoms with van der Waals surface area (Å²) < 4.78 is 40.4. The van der Waals surface area contributed by atoms with E-state index in [0.717, 1.165) is 12.0 Å². The average molecular weight is 540 g/mol. The van der Waals surface area contributed by atoms with Gasteiger partial charge in [-0.05, 0) is 23.8 Å². The fourth-order valence-electron chi connectivity index (χ4n) is 4.06. The van der Waals surface area contributed by atoms with Crippen molar-refractivity contribution in [3.63, 3.8) is 0 Å². The molecule has 11 heteroatoms. The lowest BCUT2D eigenvalue weighted by Crippen LogP contribution is -2.56. The second-order valence-electron chi connectivity index (χ2n) is 9.21. The molecule has 0 radical (unpaired) electrons. The molecule has 1 heterocycles. The number of nitrogens with one attached hydrogen (secondary N) is 2. The van der Waals surface area contributed by atoms with Gasteiger partial charge < -0.3 is 24.8 Å². The van der Waals surface area contributed by atoms with E-state index in [9.17, 15) is 23.2 Å². The number of allylic oxidation sites excluding steroid dienone is 2. The summed E-state index contributed by atoms with van der Waals surface area (Å²) in [6.07, 6.45) is 6.73. The third-order valence-corrected chi connectivity index (χ3v) is 6.29. The van der Waals surface area contributed by atoms with E-state index >= 15 is 0 Å². The van der Waals surface area contributed by atoms with Crippen LogP contribution < -0.4 is 10.6 Å². The zero-order valence-corrected chi connectivity index (χ0v) is 21.2. The van der Waals surface area contributed by atoms with E-state index in [-0.39, 0.29) is 22.4 Å². The highest BCUT2D eigenvalue weighted by Crippen LogP contribution is 2.40. The van der Waals surface area contributed by atoms with E-state index in [1.54, 1.807) is 30.3 Å². The molecule has 3 rings (SSSR count). The smallest absolute Gasteiger partial charge is 0.345 e. The number of amides is 2. The fourth-order valence-corrected chi connectivity index (χ4v) is 4.06. The highest BCUT2D eigenvalue weighted by Gasteiger charge is 2.32. The molecule has 0 aromatic heterocycles. The van der Waals surface area contributed by atoms with E-state index in [0.29, 0.717) is 38.1 Å². The normalized spacial score (nSPS) is 21.0. The molecule has 1 aliphatic heterocycles. The maximum atomic E-state index is 13.1. The molecule has 38 heavy (non-hydrogen) atoms. The molecule has 1 aliphatic carbocycles. The zero-order chi connectivity index (χ0) is 27.3. The van der Waals surface area contributed by atoms with Gasteiger partial charge in [-0.1, -0.05) is 48.6 Å². The van der Waals surface area contributed by atoms with Crippen molar-refractivity contribution in [3.05, 3.63) is 60.7 Å². The highest BCUT2D eigenvalue weighted by molar-refractivity contribution is 5.91. The molecule has 0 bridgehead atoms. The van der Waals surface area contributed by atoms with Crippen LogP contribution >= 0.6 is 0 Å². The predicted octanol–water partition coefficient (Wildman–Crippen LogP) is 2.18. The number of esters is 1. The van der Waals surface area contributed by atoms with Gasteiger partial charge in [0.1, 0.15) is 18.7 Å². The Kier molecular flexibility index (Phi) is 11.8. The van der Waals surface area contributed by atoms with Gasteiger partial charge in [0, 0.05) is 22.4 Å². The summed E-state index contributed by atoms with van der Waals surface area (Å²) in [7, 11) is 0. The van der Waals surface area contributed by atoms with E-state index in [2.05, 4.69) is 21.9 Å². The van der Waals surface area contributed by atoms with Crippen LogP contribution in [0.15, 0.2) is 55.1 Å². The quantitative estimate of drug-likeness (QED) is 0.260. The summed E-state index contributed by atoms with van der Waals surface area (Å²) in [6.45, 7) is 1.87. The van der Waals surface area contributed by atoms with Crippen molar-refractivity contribution in [2.45, 2.75) is 31.5 Å². The van der Waals surface area contributed by atoms with Crippen LogP contribution in [0.1, 0.15) is 14.8 Å². The molecule has 9 nitrogen and oxygen atoms in total. The Morgan fingerprint density at radius 3 is 2.53 bits per heavy atom. The summed E-state index contributed by atoms with van der Waals surface area (Å²) >= 11 is 0. The number of benzene rings is 1. The number of halogens is 2. The number of nitrogens with zero attached hydrogens (tertiary/aromatic N) is 1. The van der Waals surface area contributed by atoms with Crippen molar-refractivity contribution in [1.29, 1.82) is 0 Å². The molecule has 0 spiro atoms. The second kappa shape index (κ2) is 15.3. The molecular weight excluding hydrogens is 500 g/mol. The lowest BCUT2D eigenvalue weighted by molar-refractivity contribution is -0.151. The summed E-state index contributed by atoms with van der Waals surface area (Å²) in [5.74, 6) is -1.21. The van der Waals surface area contributed by atoms with Crippen LogP contribution in [0.3, 0.4) is 0 Å². The standard InChI is InChI=1S/C27H35F2N3O6.2H2/c1-2-20-16-21(20)9-6-12-37-26(35)22(15-19-7-4-3-5-8-19)31-25(34)23(18-38-27(28)29)30-24(33)17-32-10-13-36-14-11-32;;/h2-9,20-23,27H,1,10-18H2,(H,30,33)(H,31,34);2*1H/b9-6+;;/t20?,21?,22-,23-;;/m0../s1. The third-order valence-electron chi connectivity index (χ3n) is 6.29. The molecule has 1 saturated heterocycles. The van der Waals surface area contributed by atoms with Crippen molar-refractivity contribution in [2.75, 3.05) is 46.1 Å². The minimum Gasteiger partial charge on any atom is -0.460 e. The highest BCUT2D eigenvalue weighted by atomic mass is 19.3. The van der Waals surface area contributed by atoms with Crippen LogP contribution in [0, 0.1) is 11.8 Å². The number of carbonyl (C=O) groups is 3. The first-order valence-corrected chi connectivity index (χ1v) is 12.6. The number of alkyl halides is 2. The first-order chi connectivity index (χ1) is 18.4. The van der Waals surface area contributed by atoms with Crippen LogP contribution in [0.4, 0.5) is 8.78 Å². The van der Waals surface area contributed by atoms with Gasteiger partial charge >= 0.3 is 12.6 Å². The average Bonchev–Trinajstić information content (AvgIpc) is 3.68. The van der Waals surface area contributed by atoms with Crippen LogP contribution in [0.25, 0.3) is 0 Å². The number of rotatable bonds is 15. The van der Waals surface area contributed by atoms with Crippen LogP contribution in [0.2, 0.25) is 0 Å². The number of morpholine rings is 1. The maximum Gasteiger partial charge on any atom is 0.345 e. The van der Waals surface area contributed by atoms with E-state index < -0.39 is 43.1 Å². The minimum absolute atomic E-state index is 0. The molecule has 2 aliphatic rings. The number of ether oxygens (including phenoxy) is 3. The van der Waals surface area contributed by atoms with E-state index in [1.807, 2.05) is 23.1 Å². The lowest BCUT2D eigenvalue weighted by atomic mass is 10.1. The Morgan fingerprint density at radius 2 is 1.87 bits per heavy atom. The molecule has 2 fully saturated rings. The van der Waals surface area contributed by atoms with Crippen molar-refractivity contribution in [3.8, 4) is 0 Å². The Balaban J connectivity index is 0.00000400. The Morgan fingerprint density at radius 1 is 1.13 bits per heavy atom. The molecule has 2 N–H and O–H groups in total. The van der Waals surface area contributed by atoms with Crippen molar-refractivity contribution < 1.29 is 40.2 Å². The summed E-state index contributed by atoms with van der Waals surface area (Å²) in [5, 5.41) is 5.00. The Bertz CT molecular complexity index is 967. The van der Waals surface area contributed by atoms with Gasteiger partial charge in [-0.2, -0.15) is 8.78 Å². The summed E-state index contributed by atoms with van der Waals surface area (Å²) in [5.41, 5.74) is 0.758. The van der Waals surface area contributed by atoms with Crippen molar-refractivity contribution >= 4 is 17.8 Å². The van der Waals surface area contributed by atoms with Gasteiger partial charge in [-0.15, -0.1) is 6.58 Å². The minimum atomic E-state index is -3.13. The third kappa shape index (κ3) is 10.3. The Hall–Kier alpha value is -3.15. The largest absolute Gasteiger partial charge is 0.460 e. The van der Waals surface area contributed by atoms with Gasteiger partial charge in [-0.25, -0.2) is 4.79 Å². The van der Waals surface area contributed by atoms with Crippen molar-refractivity contribution in [1.82, 2.24) is 15.5 Å². The second-order valence-corrected chi connectivity index (χ2v) is 9.21. The molecular formula is C27H39F2N3O6. The van der Waals surface area contributed by atoms with Crippen molar-refractivity contribution in [2.24, 2.45) is 11.8 Å². The fraction of sp³-hybridized carbons (Fsp3) is 0.519. The topological polar surface area (TPSA) is 106 Å². The molecule has 2 amide bonds. The number of carbonyl (C=O) groups excluding carboxylic acids is 3. The molecule has 4 atom stereocenters. The van der Waals surface area contributed by atoms with Crippen LogP contribution in [0.5, 0.6) is 0 Å². The number of hydrogen-bond donors (Lipinski definition) is 2. The van der Waals surface area contributed by atoms with Gasteiger partial charge in [0.2, 0.25) is 11.8 Å². The number of hydrogen-bond acceptors (Lipinski definition) is 7. The zero-order valence-electron chi connectivity index (χ0n) is 21.2. The van der Waals surface area contributed by atoms with Gasteiger partial charge in [0.15, 0.2) is 0 Å². The van der Waals surface area contributed by atoms with Gasteiger partial charge in [0.05, 0.1) is 26.4 Å². The SMILES string of the molecule is C=CC1CC1/C=C/COC(=O)[C@H](Cc1ccccc1)NC(=O)[C@H](COC(F)F)NC(=O)CN1CCOCC1.[HH].[HH]. The van der Waals surface area contributed by atoms with Gasteiger partial charge in [-0.3, -0.25) is 14.5 Å². The molecule has 212 valence electrons. The summed E-state index contributed by atoms with van der Waals surface area (Å²) in [4.78, 5) is 40.3. The molecule has 1 aromatic rings.